The van der Waals surface area contributed by atoms with Crippen molar-refractivity contribution in [2.45, 2.75) is 50.5 Å². The molecule has 0 radical (unpaired) electrons. The highest BCUT2D eigenvalue weighted by Gasteiger charge is 2.33. The number of hydrogen-bond donors (Lipinski definition) is 8. The molecule has 4 bridgehead atoms. The van der Waals surface area contributed by atoms with Crippen LogP contribution in [0.4, 0.5) is 0 Å². The van der Waals surface area contributed by atoms with E-state index in [1.54, 1.807) is 0 Å². The van der Waals surface area contributed by atoms with E-state index in [-0.39, 0.29) is 34.6 Å². The van der Waals surface area contributed by atoms with Gasteiger partial charge in [-0.05, 0) is 49.2 Å². The van der Waals surface area contributed by atoms with E-state index in [0.717, 1.165) is 9.80 Å². The lowest BCUT2D eigenvalue weighted by atomic mass is 9.94. The molecule has 5 atom stereocenters. The summed E-state index contributed by atoms with van der Waals surface area (Å²) in [6, 6.07) is 1.57. The zero-order chi connectivity index (χ0) is 35.9. The highest BCUT2D eigenvalue weighted by Crippen LogP contribution is 2.38. The number of fused-ring (bicyclic) bond motifs is 5. The number of aliphatic hydroxyl groups excluding tert-OH is 1. The number of carbonyl (C=O) groups excluding carboxylic acids is 6. The number of phenols is 2. The third kappa shape index (κ3) is 8.55. The molecule has 2 aromatic rings. The van der Waals surface area contributed by atoms with Crippen molar-refractivity contribution < 1.29 is 54.0 Å². The first-order valence-corrected chi connectivity index (χ1v) is 14.7. The number of carboxylic acids is 1. The monoisotopic (exact) mass is 670 g/mol. The summed E-state index contributed by atoms with van der Waals surface area (Å²) in [7, 11) is 2.52. The Hall–Kier alpha value is -5.71. The van der Waals surface area contributed by atoms with Gasteiger partial charge in [0.15, 0.2) is 0 Å². The summed E-state index contributed by atoms with van der Waals surface area (Å²) in [5.41, 5.74) is 0.703. The van der Waals surface area contributed by atoms with Crippen LogP contribution < -0.4 is 21.3 Å². The maximum atomic E-state index is 13.7. The number of carboxylic acid groups (broad SMARTS) is 1. The molecule has 0 saturated carbocycles. The largest absolute Gasteiger partial charge is 0.507 e. The fourth-order valence-corrected chi connectivity index (χ4v) is 4.94. The molecule has 48 heavy (non-hydrogen) atoms. The Morgan fingerprint density at radius 3 is 2.21 bits per heavy atom. The van der Waals surface area contributed by atoms with Crippen molar-refractivity contribution in [1.29, 1.82) is 0 Å². The van der Waals surface area contributed by atoms with Crippen molar-refractivity contribution in [3.8, 4) is 22.6 Å². The predicted octanol–water partition coefficient (Wildman–Crippen LogP) is -2.04. The third-order valence-corrected chi connectivity index (χ3v) is 7.82. The van der Waals surface area contributed by atoms with Crippen LogP contribution in [0, 0.1) is 0 Å². The first-order valence-electron chi connectivity index (χ1n) is 14.7. The molecule has 17 heteroatoms. The Morgan fingerprint density at radius 1 is 0.979 bits per heavy atom. The van der Waals surface area contributed by atoms with Crippen LogP contribution in [0.2, 0.25) is 0 Å². The van der Waals surface area contributed by atoms with Gasteiger partial charge in [-0.25, -0.2) is 4.79 Å². The van der Waals surface area contributed by atoms with E-state index in [1.807, 2.05) is 0 Å². The molecule has 0 spiro atoms. The normalized spacial score (nSPS) is 18.9. The molecular weight excluding hydrogens is 632 g/mol. The van der Waals surface area contributed by atoms with Gasteiger partial charge in [-0.15, -0.1) is 0 Å². The second kappa shape index (κ2) is 15.7. The van der Waals surface area contributed by atoms with Gasteiger partial charge in [0.1, 0.15) is 41.7 Å². The number of aliphatic carboxylic acids is 1. The van der Waals surface area contributed by atoms with Crippen LogP contribution in [-0.4, -0.2) is 124 Å². The number of amides is 6. The van der Waals surface area contributed by atoms with E-state index in [0.29, 0.717) is 12.0 Å². The molecule has 2 aromatic carbocycles. The standard InChI is InChI=1S/C31H38N6O11/c1-15(33-29(45)22(13-38)36(3)14-39)27(43)32-12-25(42)37(4)26-18-6-8-24(41)20(11-18)19-9-17(5-7-23(19)40)10-21(31(47)48)35-28(44)16(2)34-30(26)46/h5-9,11,14-16,21-22,26,38,40-41H,10,12-13H2,1-4H3,(H,32,43)(H,33,45)(H,34,46)(H,35,44)(H,47,48)/t15-,16+,21?,22?,26+/m1/s1. The molecule has 1 aliphatic rings. The Balaban J connectivity index is 1.93. The van der Waals surface area contributed by atoms with Crippen LogP contribution in [0.3, 0.4) is 0 Å². The van der Waals surface area contributed by atoms with Gasteiger partial charge in [0, 0.05) is 31.6 Å². The summed E-state index contributed by atoms with van der Waals surface area (Å²) in [6.45, 7) is 1.28. The molecular formula is C31H38N6O11. The Morgan fingerprint density at radius 2 is 1.60 bits per heavy atom. The molecule has 258 valence electrons. The molecule has 3 rings (SSSR count). The summed E-state index contributed by atoms with van der Waals surface area (Å²) in [6.07, 6.45) is 0.152. The summed E-state index contributed by atoms with van der Waals surface area (Å²) in [5.74, 6) is -6.03. The number of aliphatic hydroxyl groups is 1. The minimum Gasteiger partial charge on any atom is -0.507 e. The van der Waals surface area contributed by atoms with E-state index in [9.17, 15) is 54.0 Å². The smallest absolute Gasteiger partial charge is 0.326 e. The molecule has 1 aliphatic heterocycles. The van der Waals surface area contributed by atoms with E-state index < -0.39 is 78.9 Å². The van der Waals surface area contributed by atoms with Crippen molar-refractivity contribution in [3.63, 3.8) is 0 Å². The van der Waals surface area contributed by atoms with Gasteiger partial charge >= 0.3 is 5.97 Å². The topological polar surface area (TPSA) is 255 Å². The second-order valence-corrected chi connectivity index (χ2v) is 11.3. The molecule has 0 aliphatic carbocycles. The van der Waals surface area contributed by atoms with Gasteiger partial charge in [-0.2, -0.15) is 0 Å². The quantitative estimate of drug-likeness (QED) is 0.128. The predicted molar refractivity (Wildman–Crippen MR) is 167 cm³/mol. The number of likely N-dealkylation sites (N-methyl/N-ethyl adjacent to an activating group) is 2. The maximum Gasteiger partial charge on any atom is 0.326 e. The SMILES string of the molecule is C[C@@H]1NC(=O)[C@@H](N(C)C(=O)CNC(=O)[C@@H](C)NC(=O)C(CO)N(C)C=O)c2ccc(O)c(c2)-c2cc(ccc2O)CC(C(=O)O)NC1=O. The zero-order valence-electron chi connectivity index (χ0n) is 26.6. The number of nitrogens with zero attached hydrogens (tertiary/aromatic N) is 2. The third-order valence-electron chi connectivity index (χ3n) is 7.82. The number of benzene rings is 2. The van der Waals surface area contributed by atoms with Crippen molar-refractivity contribution >= 4 is 41.9 Å². The minimum absolute atomic E-state index is 0.0609. The highest BCUT2D eigenvalue weighted by molar-refractivity contribution is 5.96. The number of nitrogens with one attached hydrogen (secondary N) is 4. The number of hydrogen-bond acceptors (Lipinski definition) is 10. The second-order valence-electron chi connectivity index (χ2n) is 11.3. The number of phenolic OH excluding ortho intramolecular Hbond substituents is 2. The van der Waals surface area contributed by atoms with E-state index in [1.165, 1.54) is 64.3 Å². The van der Waals surface area contributed by atoms with Crippen LogP contribution in [0.5, 0.6) is 11.5 Å². The molecule has 0 saturated heterocycles. The fraction of sp³-hybridized carbons (Fsp3) is 0.387. The first kappa shape index (κ1) is 36.8. The number of aromatic hydroxyl groups is 2. The van der Waals surface area contributed by atoms with Crippen molar-refractivity contribution in [2.24, 2.45) is 0 Å². The molecule has 8 N–H and O–H groups in total. The number of carbonyl (C=O) groups is 7. The van der Waals surface area contributed by atoms with Crippen LogP contribution in [0.15, 0.2) is 36.4 Å². The molecule has 17 nitrogen and oxygen atoms in total. The zero-order valence-corrected chi connectivity index (χ0v) is 26.6. The lowest BCUT2D eigenvalue weighted by Gasteiger charge is -2.30. The Labute approximate surface area is 274 Å². The van der Waals surface area contributed by atoms with E-state index >= 15 is 0 Å². The highest BCUT2D eigenvalue weighted by atomic mass is 16.4. The minimum atomic E-state index is -1.46. The van der Waals surface area contributed by atoms with Gasteiger partial charge in [0.05, 0.1) is 13.2 Å². The average molecular weight is 671 g/mol. The lowest BCUT2D eigenvalue weighted by molar-refractivity contribution is -0.143. The molecule has 2 unspecified atom stereocenters. The van der Waals surface area contributed by atoms with Crippen molar-refractivity contribution in [3.05, 3.63) is 47.5 Å². The Bertz CT molecular complexity index is 1600. The van der Waals surface area contributed by atoms with Crippen LogP contribution in [0.25, 0.3) is 11.1 Å². The van der Waals surface area contributed by atoms with Gasteiger partial charge in [-0.3, -0.25) is 28.8 Å². The summed E-state index contributed by atoms with van der Waals surface area (Å²) >= 11 is 0. The van der Waals surface area contributed by atoms with Gasteiger partial charge in [-0.1, -0.05) is 12.1 Å². The lowest BCUT2D eigenvalue weighted by Crippen LogP contribution is -2.54. The van der Waals surface area contributed by atoms with Crippen LogP contribution in [0.1, 0.15) is 31.0 Å². The van der Waals surface area contributed by atoms with Gasteiger partial charge in [0.25, 0.3) is 0 Å². The molecule has 1 heterocycles. The first-order chi connectivity index (χ1) is 22.6. The van der Waals surface area contributed by atoms with Crippen LogP contribution in [-0.2, 0) is 40.0 Å². The summed E-state index contributed by atoms with van der Waals surface area (Å²) in [5, 5.41) is 50.1. The Kier molecular flexibility index (Phi) is 12.0. The molecule has 0 aromatic heterocycles. The van der Waals surface area contributed by atoms with E-state index in [2.05, 4.69) is 21.3 Å². The maximum absolute atomic E-state index is 13.7. The average Bonchev–Trinajstić information content (AvgIpc) is 3.04. The van der Waals surface area contributed by atoms with Crippen molar-refractivity contribution in [2.75, 3.05) is 27.2 Å². The van der Waals surface area contributed by atoms with Crippen LogP contribution >= 0.6 is 0 Å². The summed E-state index contributed by atoms with van der Waals surface area (Å²) < 4.78 is 0. The summed E-state index contributed by atoms with van der Waals surface area (Å²) in [4.78, 5) is 89.9. The fourth-order valence-electron chi connectivity index (χ4n) is 4.94. The number of rotatable bonds is 10. The van der Waals surface area contributed by atoms with Crippen molar-refractivity contribution in [1.82, 2.24) is 31.1 Å². The van der Waals surface area contributed by atoms with E-state index in [4.69, 9.17) is 0 Å². The van der Waals surface area contributed by atoms with Gasteiger partial charge in [0.2, 0.25) is 35.9 Å². The molecule has 0 fully saturated rings. The molecule has 6 amide bonds. The van der Waals surface area contributed by atoms with Gasteiger partial charge < -0.3 is 51.5 Å².